The van der Waals surface area contributed by atoms with E-state index >= 15 is 0 Å². The van der Waals surface area contributed by atoms with Crippen LogP contribution in [0.15, 0.2) is 35.2 Å². The van der Waals surface area contributed by atoms with Gasteiger partial charge in [0.15, 0.2) is 9.84 Å². The van der Waals surface area contributed by atoms with Gasteiger partial charge in [-0.2, -0.15) is 5.10 Å². The quantitative estimate of drug-likeness (QED) is 0.685. The normalized spacial score (nSPS) is 18.8. The summed E-state index contributed by atoms with van der Waals surface area (Å²) >= 11 is 0. The number of carbonyl (C=O) groups excluding carboxylic acids is 1. The van der Waals surface area contributed by atoms with Crippen molar-refractivity contribution in [2.75, 3.05) is 11.5 Å². The number of amides is 1. The van der Waals surface area contributed by atoms with Crippen molar-refractivity contribution in [2.45, 2.75) is 43.7 Å². The van der Waals surface area contributed by atoms with E-state index in [4.69, 9.17) is 5.14 Å². The fourth-order valence-electron chi connectivity index (χ4n) is 3.28. The van der Waals surface area contributed by atoms with Crippen molar-refractivity contribution in [1.29, 1.82) is 0 Å². The van der Waals surface area contributed by atoms with Crippen LogP contribution in [-0.2, 0) is 26.4 Å². The maximum absolute atomic E-state index is 12.6. The summed E-state index contributed by atoms with van der Waals surface area (Å²) in [5, 5.41) is 12.2. The largest absolute Gasteiger partial charge is 0.347 e. The zero-order chi connectivity index (χ0) is 21.4. The number of hydrogen-bond donors (Lipinski definition) is 2. The molecule has 1 aliphatic heterocycles. The average Bonchev–Trinajstić information content (AvgIpc) is 3.22. The maximum atomic E-state index is 12.6. The number of rotatable bonds is 6. The Bertz CT molecular complexity index is 1120. The molecule has 0 aliphatic carbocycles. The van der Waals surface area contributed by atoms with Crippen LogP contribution in [0.5, 0.6) is 0 Å². The van der Waals surface area contributed by atoms with Crippen molar-refractivity contribution in [3.05, 3.63) is 47.3 Å². The Labute approximate surface area is 170 Å². The molecule has 11 heteroatoms. The van der Waals surface area contributed by atoms with E-state index in [1.54, 1.807) is 22.9 Å². The number of benzene rings is 1. The first-order valence-corrected chi connectivity index (χ1v) is 12.5. The Morgan fingerprint density at radius 1 is 1.31 bits per heavy atom. The molecule has 158 valence electrons. The molecule has 1 atom stereocenters. The maximum Gasteiger partial charge on any atom is 0.272 e. The van der Waals surface area contributed by atoms with Crippen molar-refractivity contribution >= 4 is 25.8 Å². The second-order valence-corrected chi connectivity index (χ2v) is 11.3. The summed E-state index contributed by atoms with van der Waals surface area (Å²) in [7, 11) is -6.83. The summed E-state index contributed by atoms with van der Waals surface area (Å²) < 4.78 is 47.9. The molecule has 1 unspecified atom stereocenters. The summed E-state index contributed by atoms with van der Waals surface area (Å²) in [4.78, 5) is 12.6. The summed E-state index contributed by atoms with van der Waals surface area (Å²) in [6, 6.07) is 7.33. The zero-order valence-electron chi connectivity index (χ0n) is 16.2. The summed E-state index contributed by atoms with van der Waals surface area (Å²) in [6.07, 6.45) is 0.487. The molecule has 1 aromatic heterocycles. The van der Waals surface area contributed by atoms with Gasteiger partial charge in [-0.3, -0.25) is 9.48 Å². The summed E-state index contributed by atoms with van der Waals surface area (Å²) in [5.41, 5.74) is 1.74. The minimum absolute atomic E-state index is 0.000546. The molecule has 0 spiro atoms. The van der Waals surface area contributed by atoms with Crippen LogP contribution in [0.4, 0.5) is 0 Å². The number of aromatic nitrogens is 2. The Morgan fingerprint density at radius 3 is 2.48 bits per heavy atom. The van der Waals surface area contributed by atoms with E-state index in [-0.39, 0.29) is 46.5 Å². The van der Waals surface area contributed by atoms with Crippen LogP contribution < -0.4 is 10.5 Å². The van der Waals surface area contributed by atoms with Gasteiger partial charge in [-0.25, -0.2) is 22.0 Å². The lowest BCUT2D eigenvalue weighted by molar-refractivity contribution is 0.0944. The smallest absolute Gasteiger partial charge is 0.272 e. The van der Waals surface area contributed by atoms with Crippen LogP contribution in [0.25, 0.3) is 0 Å². The molecule has 1 aliphatic rings. The molecule has 9 nitrogen and oxygen atoms in total. The van der Waals surface area contributed by atoms with Gasteiger partial charge >= 0.3 is 0 Å². The Kier molecular flexibility index (Phi) is 5.84. The third kappa shape index (κ3) is 5.03. The Morgan fingerprint density at radius 2 is 1.97 bits per heavy atom. The van der Waals surface area contributed by atoms with Gasteiger partial charge in [0.05, 0.1) is 22.4 Å². The molecule has 3 rings (SSSR count). The molecule has 2 heterocycles. The first kappa shape index (κ1) is 21.5. The number of primary sulfonamides is 1. The lowest BCUT2D eigenvalue weighted by Gasteiger charge is -2.15. The summed E-state index contributed by atoms with van der Waals surface area (Å²) in [5.74, 6) is -0.142. The third-order valence-electron chi connectivity index (χ3n) is 4.85. The molecule has 1 aromatic carbocycles. The highest BCUT2D eigenvalue weighted by Crippen LogP contribution is 2.28. The van der Waals surface area contributed by atoms with Gasteiger partial charge < -0.3 is 5.32 Å². The van der Waals surface area contributed by atoms with Gasteiger partial charge in [0.1, 0.15) is 5.69 Å². The van der Waals surface area contributed by atoms with Gasteiger partial charge in [-0.05, 0) is 36.1 Å². The molecule has 0 saturated carbocycles. The first-order chi connectivity index (χ1) is 13.5. The van der Waals surface area contributed by atoms with Crippen LogP contribution in [0.3, 0.4) is 0 Å². The molecule has 1 saturated heterocycles. The van der Waals surface area contributed by atoms with Crippen LogP contribution in [0.2, 0.25) is 0 Å². The van der Waals surface area contributed by atoms with E-state index in [1.165, 1.54) is 12.1 Å². The highest BCUT2D eigenvalue weighted by atomic mass is 32.2. The van der Waals surface area contributed by atoms with Crippen LogP contribution >= 0.6 is 0 Å². The lowest BCUT2D eigenvalue weighted by Crippen LogP contribution is -2.24. The average molecular weight is 441 g/mol. The SMILES string of the molecule is CC(C)c1cc(C(=O)NCc2ccc(S(N)(=O)=O)cc2)nn1C1CCS(=O)(=O)C1. The van der Waals surface area contributed by atoms with Crippen molar-refractivity contribution < 1.29 is 21.6 Å². The molecule has 0 radical (unpaired) electrons. The Balaban J connectivity index is 1.73. The number of nitrogens with two attached hydrogens (primary N) is 1. The van der Waals surface area contributed by atoms with E-state index in [0.29, 0.717) is 12.0 Å². The summed E-state index contributed by atoms with van der Waals surface area (Å²) in [6.45, 7) is 4.11. The van der Waals surface area contributed by atoms with E-state index < -0.39 is 19.9 Å². The molecule has 3 N–H and O–H groups in total. The van der Waals surface area contributed by atoms with Crippen LogP contribution in [-0.4, -0.2) is 44.0 Å². The predicted octanol–water partition coefficient (Wildman–Crippen LogP) is 0.944. The van der Waals surface area contributed by atoms with Crippen LogP contribution in [0, 0.1) is 0 Å². The van der Waals surface area contributed by atoms with Crippen molar-refractivity contribution in [2.24, 2.45) is 5.14 Å². The highest BCUT2D eigenvalue weighted by molar-refractivity contribution is 7.91. The minimum atomic E-state index is -3.76. The van der Waals surface area contributed by atoms with Gasteiger partial charge in [0.25, 0.3) is 5.91 Å². The number of carbonyl (C=O) groups is 1. The predicted molar refractivity (Wildman–Crippen MR) is 108 cm³/mol. The van der Waals surface area contributed by atoms with Gasteiger partial charge in [0.2, 0.25) is 10.0 Å². The number of sulfonamides is 1. The van der Waals surface area contributed by atoms with E-state index in [2.05, 4.69) is 10.4 Å². The molecule has 0 bridgehead atoms. The standard InChI is InChI=1S/C18H24N4O5S2/c1-12(2)17-9-16(21-22(17)14-7-8-28(24,25)11-14)18(23)20-10-13-3-5-15(6-4-13)29(19,26)27/h3-6,9,12,14H,7-8,10-11H2,1-2H3,(H,20,23)(H2,19,26,27). The lowest BCUT2D eigenvalue weighted by atomic mass is 10.1. The molecule has 2 aromatic rings. The second kappa shape index (κ2) is 7.88. The monoisotopic (exact) mass is 440 g/mol. The van der Waals surface area contributed by atoms with Gasteiger partial charge in [0, 0.05) is 12.2 Å². The molecule has 1 fully saturated rings. The molecule has 1 amide bonds. The first-order valence-electron chi connectivity index (χ1n) is 9.16. The topological polar surface area (TPSA) is 141 Å². The van der Waals surface area contributed by atoms with E-state index in [1.807, 2.05) is 13.8 Å². The fourth-order valence-corrected chi connectivity index (χ4v) is 5.49. The highest BCUT2D eigenvalue weighted by Gasteiger charge is 2.32. The van der Waals surface area contributed by atoms with Gasteiger partial charge in [-0.1, -0.05) is 26.0 Å². The molecular weight excluding hydrogens is 416 g/mol. The number of nitrogens with one attached hydrogen (secondary N) is 1. The van der Waals surface area contributed by atoms with Crippen molar-refractivity contribution in [3.63, 3.8) is 0 Å². The second-order valence-electron chi connectivity index (χ2n) is 7.48. The third-order valence-corrected chi connectivity index (χ3v) is 7.53. The number of hydrogen-bond acceptors (Lipinski definition) is 6. The van der Waals surface area contributed by atoms with Crippen LogP contribution in [0.1, 0.15) is 54.0 Å². The molecular formula is C18H24N4O5S2. The fraction of sp³-hybridized carbons (Fsp3) is 0.444. The zero-order valence-corrected chi connectivity index (χ0v) is 17.8. The number of nitrogens with zero attached hydrogens (tertiary/aromatic N) is 2. The number of sulfone groups is 1. The Hall–Kier alpha value is -2.24. The molecule has 29 heavy (non-hydrogen) atoms. The van der Waals surface area contributed by atoms with E-state index in [9.17, 15) is 21.6 Å². The van der Waals surface area contributed by atoms with Crippen molar-refractivity contribution in [3.8, 4) is 0 Å². The van der Waals surface area contributed by atoms with E-state index in [0.717, 1.165) is 5.69 Å². The van der Waals surface area contributed by atoms with Gasteiger partial charge in [-0.15, -0.1) is 0 Å². The minimum Gasteiger partial charge on any atom is -0.347 e. The van der Waals surface area contributed by atoms with Crippen molar-refractivity contribution in [1.82, 2.24) is 15.1 Å².